The maximum atomic E-state index is 9.00. The highest BCUT2D eigenvalue weighted by atomic mass is 16.3. The molecule has 1 unspecified atom stereocenters. The first-order valence-corrected chi connectivity index (χ1v) is 7.00. The third kappa shape index (κ3) is 3.12. The second kappa shape index (κ2) is 5.85. The second-order valence-corrected chi connectivity index (χ2v) is 5.78. The molecule has 1 aromatic carbocycles. The summed E-state index contributed by atoms with van der Waals surface area (Å²) in [6.07, 6.45) is 2.20. The van der Waals surface area contributed by atoms with E-state index in [1.54, 1.807) is 0 Å². The van der Waals surface area contributed by atoms with E-state index >= 15 is 0 Å². The van der Waals surface area contributed by atoms with Crippen molar-refractivity contribution < 1.29 is 5.11 Å². The minimum Gasteiger partial charge on any atom is -0.396 e. The van der Waals surface area contributed by atoms with Crippen LogP contribution in [0.2, 0.25) is 0 Å². The SMILES string of the molecule is Cc1cc(C)c(CN2CCC(CCO)C2)c(C)c1. The monoisotopic (exact) mass is 247 g/mol. The van der Waals surface area contributed by atoms with Crippen LogP contribution in [0.15, 0.2) is 12.1 Å². The zero-order valence-electron chi connectivity index (χ0n) is 11.9. The molecule has 100 valence electrons. The van der Waals surface area contributed by atoms with Crippen molar-refractivity contribution in [2.75, 3.05) is 19.7 Å². The number of hydrogen-bond acceptors (Lipinski definition) is 2. The van der Waals surface area contributed by atoms with Gasteiger partial charge in [0, 0.05) is 19.7 Å². The van der Waals surface area contributed by atoms with E-state index in [9.17, 15) is 0 Å². The minimum atomic E-state index is 0.334. The van der Waals surface area contributed by atoms with Gasteiger partial charge in [-0.25, -0.2) is 0 Å². The Bertz CT molecular complexity index is 391. The molecule has 1 fully saturated rings. The lowest BCUT2D eigenvalue weighted by Crippen LogP contribution is -2.21. The molecule has 0 bridgehead atoms. The summed E-state index contributed by atoms with van der Waals surface area (Å²) in [5.74, 6) is 0.695. The molecule has 2 heteroatoms. The van der Waals surface area contributed by atoms with Crippen LogP contribution < -0.4 is 0 Å². The normalized spacial score (nSPS) is 20.6. The molecular weight excluding hydrogens is 222 g/mol. The molecule has 18 heavy (non-hydrogen) atoms. The maximum absolute atomic E-state index is 9.00. The fourth-order valence-electron chi connectivity index (χ4n) is 3.16. The first-order chi connectivity index (χ1) is 8.60. The number of hydrogen-bond donors (Lipinski definition) is 1. The molecule has 1 atom stereocenters. The molecule has 0 amide bonds. The summed E-state index contributed by atoms with van der Waals surface area (Å²) in [5.41, 5.74) is 5.68. The van der Waals surface area contributed by atoms with Crippen molar-refractivity contribution in [3.63, 3.8) is 0 Å². The lowest BCUT2D eigenvalue weighted by molar-refractivity contribution is 0.249. The summed E-state index contributed by atoms with van der Waals surface area (Å²) in [4.78, 5) is 2.53. The topological polar surface area (TPSA) is 23.5 Å². The third-order valence-corrected chi connectivity index (χ3v) is 4.13. The zero-order chi connectivity index (χ0) is 13.1. The molecule has 2 nitrogen and oxygen atoms in total. The Morgan fingerprint density at radius 3 is 2.50 bits per heavy atom. The van der Waals surface area contributed by atoms with Gasteiger partial charge in [-0.1, -0.05) is 17.7 Å². The largest absolute Gasteiger partial charge is 0.396 e. The highest BCUT2D eigenvalue weighted by Crippen LogP contribution is 2.24. The third-order valence-electron chi connectivity index (χ3n) is 4.13. The predicted octanol–water partition coefficient (Wildman–Crippen LogP) is 2.82. The van der Waals surface area contributed by atoms with Gasteiger partial charge in [-0.15, -0.1) is 0 Å². The fourth-order valence-corrected chi connectivity index (χ4v) is 3.16. The smallest absolute Gasteiger partial charge is 0.0434 e. The van der Waals surface area contributed by atoms with Gasteiger partial charge in [0.15, 0.2) is 0 Å². The second-order valence-electron chi connectivity index (χ2n) is 5.78. The predicted molar refractivity (Wildman–Crippen MR) is 75.7 cm³/mol. The number of aryl methyl sites for hydroxylation is 3. The van der Waals surface area contributed by atoms with Crippen LogP contribution in [0.4, 0.5) is 0 Å². The average Bonchev–Trinajstić information content (AvgIpc) is 2.72. The molecular formula is C16H25NO. The molecule has 1 aliphatic rings. The first kappa shape index (κ1) is 13.6. The van der Waals surface area contributed by atoms with E-state index < -0.39 is 0 Å². The van der Waals surface area contributed by atoms with Crippen LogP contribution >= 0.6 is 0 Å². The van der Waals surface area contributed by atoms with Crippen LogP contribution in [0.1, 0.15) is 35.1 Å². The molecule has 0 aliphatic carbocycles. The van der Waals surface area contributed by atoms with Gasteiger partial charge in [0.2, 0.25) is 0 Å². The zero-order valence-corrected chi connectivity index (χ0v) is 11.9. The maximum Gasteiger partial charge on any atom is 0.0434 e. The van der Waals surface area contributed by atoms with Gasteiger partial charge in [0.05, 0.1) is 0 Å². The summed E-state index contributed by atoms with van der Waals surface area (Å²) in [7, 11) is 0. The fraction of sp³-hybridized carbons (Fsp3) is 0.625. The lowest BCUT2D eigenvalue weighted by Gasteiger charge is -2.19. The first-order valence-electron chi connectivity index (χ1n) is 7.00. The van der Waals surface area contributed by atoms with E-state index in [-0.39, 0.29) is 0 Å². The Morgan fingerprint density at radius 1 is 1.22 bits per heavy atom. The van der Waals surface area contributed by atoms with Crippen LogP contribution in [0.25, 0.3) is 0 Å². The van der Waals surface area contributed by atoms with Crippen molar-refractivity contribution in [1.29, 1.82) is 0 Å². The van der Waals surface area contributed by atoms with Crippen LogP contribution in [0.5, 0.6) is 0 Å². The Balaban J connectivity index is 2.02. The molecule has 2 rings (SSSR count). The summed E-state index contributed by atoms with van der Waals surface area (Å²) >= 11 is 0. The van der Waals surface area contributed by atoms with Gasteiger partial charge < -0.3 is 5.11 Å². The molecule has 0 spiro atoms. The summed E-state index contributed by atoms with van der Waals surface area (Å²) < 4.78 is 0. The Kier molecular flexibility index (Phi) is 4.41. The number of benzene rings is 1. The summed E-state index contributed by atoms with van der Waals surface area (Å²) in [5, 5.41) is 9.00. The molecule has 0 aromatic heterocycles. The average molecular weight is 247 g/mol. The van der Waals surface area contributed by atoms with Crippen molar-refractivity contribution >= 4 is 0 Å². The van der Waals surface area contributed by atoms with Crippen LogP contribution in [0, 0.1) is 26.7 Å². The van der Waals surface area contributed by atoms with Crippen LogP contribution in [0.3, 0.4) is 0 Å². The van der Waals surface area contributed by atoms with Crippen LogP contribution in [-0.2, 0) is 6.54 Å². The summed E-state index contributed by atoms with van der Waals surface area (Å²) in [6.45, 7) is 10.3. The van der Waals surface area contributed by atoms with Gasteiger partial charge in [0.25, 0.3) is 0 Å². The Labute approximate surface area is 111 Å². The van der Waals surface area contributed by atoms with E-state index in [0.717, 1.165) is 19.5 Å². The number of aliphatic hydroxyl groups excluding tert-OH is 1. The Hall–Kier alpha value is -0.860. The lowest BCUT2D eigenvalue weighted by atomic mass is 9.99. The van der Waals surface area contributed by atoms with Gasteiger partial charge in [0.1, 0.15) is 0 Å². The highest BCUT2D eigenvalue weighted by molar-refractivity contribution is 5.37. The highest BCUT2D eigenvalue weighted by Gasteiger charge is 2.22. The van der Waals surface area contributed by atoms with Crippen molar-refractivity contribution in [2.24, 2.45) is 5.92 Å². The quantitative estimate of drug-likeness (QED) is 0.884. The van der Waals surface area contributed by atoms with Crippen molar-refractivity contribution in [3.8, 4) is 0 Å². The molecule has 1 aromatic rings. The number of aliphatic hydroxyl groups is 1. The standard InChI is InChI=1S/C16H25NO/c1-12-8-13(2)16(14(3)9-12)11-17-6-4-15(10-17)5-7-18/h8-9,15,18H,4-7,10-11H2,1-3H3. The van der Waals surface area contributed by atoms with Gasteiger partial charge in [-0.3, -0.25) is 4.90 Å². The van der Waals surface area contributed by atoms with Crippen LogP contribution in [-0.4, -0.2) is 29.7 Å². The van der Waals surface area contributed by atoms with Gasteiger partial charge >= 0.3 is 0 Å². The minimum absolute atomic E-state index is 0.334. The van der Waals surface area contributed by atoms with E-state index in [2.05, 4.69) is 37.8 Å². The molecule has 1 N–H and O–H groups in total. The number of nitrogens with zero attached hydrogens (tertiary/aromatic N) is 1. The molecule has 0 saturated carbocycles. The number of rotatable bonds is 4. The molecule has 1 aliphatic heterocycles. The van der Waals surface area contributed by atoms with E-state index in [1.807, 2.05) is 0 Å². The Morgan fingerprint density at radius 2 is 1.89 bits per heavy atom. The molecule has 1 heterocycles. The van der Waals surface area contributed by atoms with Crippen molar-refractivity contribution in [3.05, 3.63) is 34.4 Å². The van der Waals surface area contributed by atoms with Gasteiger partial charge in [-0.2, -0.15) is 0 Å². The summed E-state index contributed by atoms with van der Waals surface area (Å²) in [6, 6.07) is 4.56. The van der Waals surface area contributed by atoms with Crippen molar-refractivity contribution in [1.82, 2.24) is 4.90 Å². The van der Waals surface area contributed by atoms with Crippen molar-refractivity contribution in [2.45, 2.75) is 40.2 Å². The van der Waals surface area contributed by atoms with E-state index in [4.69, 9.17) is 5.11 Å². The molecule has 0 radical (unpaired) electrons. The van der Waals surface area contributed by atoms with Gasteiger partial charge in [-0.05, 0) is 62.8 Å². The van der Waals surface area contributed by atoms with E-state index in [1.165, 1.54) is 35.2 Å². The number of likely N-dealkylation sites (tertiary alicyclic amines) is 1. The van der Waals surface area contributed by atoms with E-state index in [0.29, 0.717) is 12.5 Å². The molecule has 1 saturated heterocycles.